The minimum Gasteiger partial charge on any atom is -0.491 e. The summed E-state index contributed by atoms with van der Waals surface area (Å²) in [4.78, 5) is 22.1. The van der Waals surface area contributed by atoms with E-state index in [1.165, 1.54) is 6.07 Å². The van der Waals surface area contributed by atoms with Crippen LogP contribution in [0.4, 0.5) is 10.2 Å². The SMILES string of the molecule is CN1c2ccn3ncc(c3n2)C(=O)N2CCC[C@@H]2COc2ccc(F)cc2C12CC2. The zero-order valence-electron chi connectivity index (χ0n) is 16.7. The Morgan fingerprint density at radius 3 is 2.97 bits per heavy atom. The number of aromatic nitrogens is 3. The van der Waals surface area contributed by atoms with Crippen molar-refractivity contribution in [2.75, 3.05) is 25.1 Å². The first kappa shape index (κ1) is 17.7. The number of benzene rings is 1. The smallest absolute Gasteiger partial charge is 0.259 e. The van der Waals surface area contributed by atoms with E-state index >= 15 is 0 Å². The largest absolute Gasteiger partial charge is 0.491 e. The molecule has 0 radical (unpaired) electrons. The first-order valence-corrected chi connectivity index (χ1v) is 10.4. The highest BCUT2D eigenvalue weighted by molar-refractivity contribution is 6.00. The Hall–Kier alpha value is -3.16. The Morgan fingerprint density at radius 2 is 2.13 bits per heavy atom. The monoisotopic (exact) mass is 407 g/mol. The molecule has 1 amide bonds. The number of ether oxygens (including phenoxy) is 1. The van der Waals surface area contributed by atoms with Crippen molar-refractivity contribution < 1.29 is 13.9 Å². The molecule has 1 saturated heterocycles. The van der Waals surface area contributed by atoms with Gasteiger partial charge in [0.05, 0.1) is 17.8 Å². The van der Waals surface area contributed by atoms with Crippen molar-refractivity contribution in [3.63, 3.8) is 0 Å². The van der Waals surface area contributed by atoms with Crippen molar-refractivity contribution in [1.29, 1.82) is 0 Å². The van der Waals surface area contributed by atoms with Crippen LogP contribution in [0.3, 0.4) is 0 Å². The number of anilines is 1. The fourth-order valence-corrected chi connectivity index (χ4v) is 4.93. The van der Waals surface area contributed by atoms with E-state index in [1.54, 1.807) is 22.8 Å². The summed E-state index contributed by atoms with van der Waals surface area (Å²) in [6, 6.07) is 6.59. The summed E-state index contributed by atoms with van der Waals surface area (Å²) in [6.07, 6.45) is 7.01. The zero-order valence-corrected chi connectivity index (χ0v) is 16.7. The van der Waals surface area contributed by atoms with Crippen molar-refractivity contribution in [3.8, 4) is 5.75 Å². The molecule has 4 heterocycles. The topological polar surface area (TPSA) is 63.0 Å². The van der Waals surface area contributed by atoms with E-state index in [-0.39, 0.29) is 23.3 Å². The summed E-state index contributed by atoms with van der Waals surface area (Å²) in [7, 11) is 1.97. The Morgan fingerprint density at radius 1 is 1.27 bits per heavy atom. The molecule has 2 bridgehead atoms. The van der Waals surface area contributed by atoms with Gasteiger partial charge in [-0.3, -0.25) is 4.79 Å². The highest BCUT2D eigenvalue weighted by Gasteiger charge is 2.51. The van der Waals surface area contributed by atoms with Crippen LogP contribution in [0.15, 0.2) is 36.7 Å². The maximum atomic E-state index is 14.2. The number of amides is 1. The first-order valence-electron chi connectivity index (χ1n) is 10.4. The molecule has 0 N–H and O–H groups in total. The zero-order chi connectivity index (χ0) is 20.5. The maximum Gasteiger partial charge on any atom is 0.259 e. The van der Waals surface area contributed by atoms with Crippen molar-refractivity contribution in [2.45, 2.75) is 37.3 Å². The molecule has 7 nitrogen and oxygen atoms in total. The van der Waals surface area contributed by atoms with Crippen LogP contribution in [-0.2, 0) is 5.54 Å². The summed E-state index contributed by atoms with van der Waals surface area (Å²) in [5.41, 5.74) is 1.53. The van der Waals surface area contributed by atoms with Crippen molar-refractivity contribution in [2.24, 2.45) is 0 Å². The Balaban J connectivity index is 1.56. The molecule has 1 spiro atoms. The van der Waals surface area contributed by atoms with E-state index in [1.807, 2.05) is 24.2 Å². The van der Waals surface area contributed by atoms with Crippen LogP contribution in [0.5, 0.6) is 5.75 Å². The van der Waals surface area contributed by atoms with Gasteiger partial charge in [0.15, 0.2) is 5.65 Å². The molecule has 1 saturated carbocycles. The van der Waals surface area contributed by atoms with Crippen LogP contribution in [0.25, 0.3) is 5.65 Å². The number of hydrogen-bond acceptors (Lipinski definition) is 5. The third-order valence-electron chi connectivity index (χ3n) is 6.81. The number of hydrogen-bond donors (Lipinski definition) is 0. The molecule has 6 rings (SSSR count). The predicted molar refractivity (Wildman–Crippen MR) is 108 cm³/mol. The lowest BCUT2D eigenvalue weighted by molar-refractivity contribution is 0.0692. The van der Waals surface area contributed by atoms with E-state index in [2.05, 4.69) is 10.00 Å². The predicted octanol–water partition coefficient (Wildman–Crippen LogP) is 2.99. The quantitative estimate of drug-likeness (QED) is 0.573. The average molecular weight is 407 g/mol. The number of halogens is 1. The lowest BCUT2D eigenvalue weighted by atomic mass is 10.0. The van der Waals surface area contributed by atoms with Gasteiger partial charge in [0.1, 0.15) is 29.6 Å². The molecule has 3 aliphatic rings. The van der Waals surface area contributed by atoms with Gasteiger partial charge in [-0.1, -0.05) is 0 Å². The van der Waals surface area contributed by atoms with Crippen LogP contribution in [0.1, 0.15) is 41.6 Å². The molecule has 8 heteroatoms. The average Bonchev–Trinajstić information content (AvgIpc) is 3.23. The number of rotatable bonds is 0. The minimum atomic E-state index is -0.365. The number of carbonyl (C=O) groups excluding carboxylic acids is 1. The molecule has 0 unspecified atom stereocenters. The fourth-order valence-electron chi connectivity index (χ4n) is 4.93. The third kappa shape index (κ3) is 2.45. The van der Waals surface area contributed by atoms with Gasteiger partial charge in [-0.25, -0.2) is 13.9 Å². The van der Waals surface area contributed by atoms with Gasteiger partial charge in [0.25, 0.3) is 5.91 Å². The molecule has 2 fully saturated rings. The summed E-state index contributed by atoms with van der Waals surface area (Å²) in [6.45, 7) is 1.07. The van der Waals surface area contributed by atoms with Crippen molar-refractivity contribution in [1.82, 2.24) is 19.5 Å². The van der Waals surface area contributed by atoms with Gasteiger partial charge in [0.2, 0.25) is 0 Å². The maximum absolute atomic E-state index is 14.2. The van der Waals surface area contributed by atoms with Gasteiger partial charge in [-0.15, -0.1) is 0 Å². The van der Waals surface area contributed by atoms with E-state index < -0.39 is 0 Å². The van der Waals surface area contributed by atoms with Crippen molar-refractivity contribution >= 4 is 17.4 Å². The third-order valence-corrected chi connectivity index (χ3v) is 6.81. The summed E-state index contributed by atoms with van der Waals surface area (Å²) < 4.78 is 22.1. The number of carbonyl (C=O) groups is 1. The fraction of sp³-hybridized carbons (Fsp3) is 0.409. The van der Waals surface area contributed by atoms with Gasteiger partial charge in [-0.05, 0) is 49.9 Å². The van der Waals surface area contributed by atoms with Crippen LogP contribution in [0.2, 0.25) is 0 Å². The molecular formula is C22H22FN5O2. The molecule has 2 aromatic heterocycles. The van der Waals surface area contributed by atoms with Gasteiger partial charge in [-0.2, -0.15) is 5.10 Å². The second kappa shape index (κ2) is 6.17. The van der Waals surface area contributed by atoms with Crippen LogP contribution >= 0.6 is 0 Å². The standard InChI is InChI=1S/C22H22FN5O2/c1-26-19-6-10-28-20(25-19)16(12-24-28)21(29)27-9-2-3-15(27)13-30-18-5-4-14(23)11-17(18)22(26)7-8-22/h4-6,10-12,15H,2-3,7-9,13H2,1H3/t15-/m1/s1. The molecule has 1 aliphatic carbocycles. The highest BCUT2D eigenvalue weighted by Crippen LogP contribution is 2.54. The molecule has 30 heavy (non-hydrogen) atoms. The van der Waals surface area contributed by atoms with Gasteiger partial charge in [0, 0.05) is 25.4 Å². The normalized spacial score (nSPS) is 22.3. The minimum absolute atomic E-state index is 0.0258. The lowest BCUT2D eigenvalue weighted by Crippen LogP contribution is -2.39. The molecule has 1 atom stereocenters. The van der Waals surface area contributed by atoms with Crippen LogP contribution in [-0.4, -0.2) is 51.6 Å². The van der Waals surface area contributed by atoms with E-state index in [9.17, 15) is 9.18 Å². The summed E-state index contributed by atoms with van der Waals surface area (Å²) in [5.74, 6) is 1.06. The van der Waals surface area contributed by atoms with E-state index in [0.717, 1.165) is 37.1 Å². The van der Waals surface area contributed by atoms with Crippen LogP contribution in [0, 0.1) is 5.82 Å². The lowest BCUT2D eigenvalue weighted by Gasteiger charge is -2.31. The molecular weight excluding hydrogens is 385 g/mol. The molecule has 2 aliphatic heterocycles. The van der Waals surface area contributed by atoms with Gasteiger partial charge < -0.3 is 14.5 Å². The summed E-state index contributed by atoms with van der Waals surface area (Å²) in [5, 5.41) is 4.33. The second-order valence-electron chi connectivity index (χ2n) is 8.45. The molecule has 154 valence electrons. The Bertz CT molecular complexity index is 1170. The molecule has 3 aromatic rings. The number of fused-ring (bicyclic) bond motifs is 4. The first-order chi connectivity index (χ1) is 14.6. The highest BCUT2D eigenvalue weighted by atomic mass is 19.1. The molecule has 1 aromatic carbocycles. The van der Waals surface area contributed by atoms with E-state index in [4.69, 9.17) is 9.72 Å². The summed E-state index contributed by atoms with van der Waals surface area (Å²) >= 11 is 0. The van der Waals surface area contributed by atoms with Gasteiger partial charge >= 0.3 is 0 Å². The second-order valence-corrected chi connectivity index (χ2v) is 8.45. The Labute approximate surface area is 173 Å². The van der Waals surface area contributed by atoms with Crippen LogP contribution < -0.4 is 9.64 Å². The van der Waals surface area contributed by atoms with E-state index in [0.29, 0.717) is 30.1 Å². The van der Waals surface area contributed by atoms with Crippen molar-refractivity contribution in [3.05, 3.63) is 53.6 Å². The number of nitrogens with zero attached hydrogens (tertiary/aromatic N) is 5. The Kier molecular flexibility index (Phi) is 3.63.